The van der Waals surface area contributed by atoms with E-state index < -0.39 is 0 Å². The topological polar surface area (TPSA) is 26.3 Å². The van der Waals surface area contributed by atoms with Crippen LogP contribution in [0.1, 0.15) is 50.0 Å². The predicted molar refractivity (Wildman–Crippen MR) is 75.1 cm³/mol. The van der Waals surface area contributed by atoms with E-state index >= 15 is 0 Å². The molecule has 1 saturated heterocycles. The molecule has 1 aliphatic carbocycles. The van der Waals surface area contributed by atoms with Crippen LogP contribution in [0.4, 0.5) is 0 Å². The zero-order valence-electron chi connectivity index (χ0n) is 11.4. The van der Waals surface area contributed by atoms with Crippen LogP contribution in [-0.4, -0.2) is 18.5 Å². The Bertz CT molecular complexity index is 420. The minimum absolute atomic E-state index is 0.224. The molecule has 0 N–H and O–H groups in total. The highest BCUT2D eigenvalue weighted by Gasteiger charge is 2.32. The van der Waals surface area contributed by atoms with Gasteiger partial charge in [-0.25, -0.2) is 0 Å². The molecule has 1 aromatic carbocycles. The Labute approximate surface area is 115 Å². The van der Waals surface area contributed by atoms with E-state index in [2.05, 4.69) is 30.3 Å². The fourth-order valence-corrected chi connectivity index (χ4v) is 3.52. The lowest BCUT2D eigenvalue weighted by Gasteiger charge is -2.29. The van der Waals surface area contributed by atoms with Crippen LogP contribution in [0.2, 0.25) is 0 Å². The first-order valence-corrected chi connectivity index (χ1v) is 7.52. The summed E-state index contributed by atoms with van der Waals surface area (Å²) in [6, 6.07) is 10.6. The van der Waals surface area contributed by atoms with Crippen LogP contribution in [0.5, 0.6) is 0 Å². The van der Waals surface area contributed by atoms with E-state index in [9.17, 15) is 4.79 Å². The van der Waals surface area contributed by atoms with Crippen LogP contribution < -0.4 is 0 Å². The van der Waals surface area contributed by atoms with E-state index in [-0.39, 0.29) is 5.92 Å². The minimum atomic E-state index is 0.224. The molecule has 1 aliphatic heterocycles. The zero-order chi connectivity index (χ0) is 13.1. The van der Waals surface area contributed by atoms with Gasteiger partial charge in [0.05, 0.1) is 6.10 Å². The van der Waals surface area contributed by atoms with Crippen LogP contribution in [0.3, 0.4) is 0 Å². The van der Waals surface area contributed by atoms with E-state index in [4.69, 9.17) is 4.74 Å². The molecule has 0 amide bonds. The van der Waals surface area contributed by atoms with E-state index in [0.29, 0.717) is 17.8 Å². The van der Waals surface area contributed by atoms with Gasteiger partial charge in [0.25, 0.3) is 0 Å². The van der Waals surface area contributed by atoms with Gasteiger partial charge in [-0.05, 0) is 43.6 Å². The number of benzene rings is 1. The number of carbonyl (C=O) groups is 1. The number of hydrogen-bond acceptors (Lipinski definition) is 2. The molecule has 2 heteroatoms. The Balaban J connectivity index is 1.65. The standard InChI is InChI=1S/C17H22O2/c18-17-9-8-14(13-5-2-1-3-6-13)11-15(17)12-16-7-4-10-19-16/h1-3,5-6,14-16H,4,7-12H2. The maximum atomic E-state index is 12.1. The Hall–Kier alpha value is -1.15. The first kappa shape index (κ1) is 12.9. The molecular formula is C17H22O2. The largest absolute Gasteiger partial charge is 0.378 e. The van der Waals surface area contributed by atoms with E-state index in [0.717, 1.165) is 45.1 Å². The van der Waals surface area contributed by atoms with Crippen LogP contribution in [0.25, 0.3) is 0 Å². The number of carbonyl (C=O) groups excluding carboxylic acids is 1. The molecule has 3 rings (SSSR count). The number of rotatable bonds is 3. The van der Waals surface area contributed by atoms with Gasteiger partial charge in [0.2, 0.25) is 0 Å². The van der Waals surface area contributed by atoms with Crippen LogP contribution >= 0.6 is 0 Å². The molecule has 19 heavy (non-hydrogen) atoms. The summed E-state index contributed by atoms with van der Waals surface area (Å²) in [5.41, 5.74) is 1.40. The summed E-state index contributed by atoms with van der Waals surface area (Å²) in [7, 11) is 0. The van der Waals surface area contributed by atoms with Gasteiger partial charge >= 0.3 is 0 Å². The van der Waals surface area contributed by atoms with Crippen molar-refractivity contribution in [2.24, 2.45) is 5.92 Å². The van der Waals surface area contributed by atoms with Gasteiger partial charge in [0, 0.05) is 18.9 Å². The highest BCUT2D eigenvalue weighted by Crippen LogP contribution is 2.37. The van der Waals surface area contributed by atoms with Crippen LogP contribution in [-0.2, 0) is 9.53 Å². The molecule has 3 atom stereocenters. The molecule has 0 bridgehead atoms. The van der Waals surface area contributed by atoms with Gasteiger partial charge in [0.1, 0.15) is 5.78 Å². The quantitative estimate of drug-likeness (QED) is 0.826. The minimum Gasteiger partial charge on any atom is -0.378 e. The van der Waals surface area contributed by atoms with Crippen molar-refractivity contribution in [3.05, 3.63) is 35.9 Å². The first-order valence-electron chi connectivity index (χ1n) is 7.52. The van der Waals surface area contributed by atoms with E-state index in [1.165, 1.54) is 5.56 Å². The van der Waals surface area contributed by atoms with Crippen molar-refractivity contribution in [3.63, 3.8) is 0 Å². The molecule has 102 valence electrons. The van der Waals surface area contributed by atoms with Gasteiger partial charge < -0.3 is 4.74 Å². The lowest BCUT2D eigenvalue weighted by atomic mass is 9.75. The van der Waals surface area contributed by atoms with Crippen molar-refractivity contribution in [2.45, 2.75) is 50.5 Å². The Kier molecular flexibility index (Phi) is 3.97. The molecule has 1 aromatic rings. The molecule has 2 fully saturated rings. The second-order valence-electron chi connectivity index (χ2n) is 5.92. The molecule has 0 aromatic heterocycles. The summed E-state index contributed by atoms with van der Waals surface area (Å²) < 4.78 is 5.69. The SMILES string of the molecule is O=C1CCC(c2ccccc2)CC1CC1CCCO1. The third-order valence-corrected chi connectivity index (χ3v) is 4.61. The highest BCUT2D eigenvalue weighted by atomic mass is 16.5. The fraction of sp³-hybridized carbons (Fsp3) is 0.588. The Morgan fingerprint density at radius 2 is 2.00 bits per heavy atom. The van der Waals surface area contributed by atoms with Crippen molar-refractivity contribution >= 4 is 5.78 Å². The van der Waals surface area contributed by atoms with E-state index in [1.807, 2.05) is 0 Å². The smallest absolute Gasteiger partial charge is 0.136 e. The fourth-order valence-electron chi connectivity index (χ4n) is 3.52. The molecule has 2 aliphatic rings. The molecule has 2 nitrogen and oxygen atoms in total. The van der Waals surface area contributed by atoms with Crippen molar-refractivity contribution in [1.29, 1.82) is 0 Å². The third kappa shape index (κ3) is 3.06. The summed E-state index contributed by atoms with van der Waals surface area (Å²) in [6.07, 6.45) is 6.36. The number of hydrogen-bond donors (Lipinski definition) is 0. The number of ketones is 1. The second kappa shape index (κ2) is 5.87. The molecule has 1 heterocycles. The van der Waals surface area contributed by atoms with Gasteiger partial charge in [-0.3, -0.25) is 4.79 Å². The zero-order valence-corrected chi connectivity index (χ0v) is 11.4. The first-order chi connectivity index (χ1) is 9.33. The summed E-state index contributed by atoms with van der Waals surface area (Å²) in [5.74, 6) is 1.25. The highest BCUT2D eigenvalue weighted by molar-refractivity contribution is 5.82. The van der Waals surface area contributed by atoms with E-state index in [1.54, 1.807) is 0 Å². The summed E-state index contributed by atoms with van der Waals surface area (Å²) in [5, 5.41) is 0. The van der Waals surface area contributed by atoms with Crippen LogP contribution in [0.15, 0.2) is 30.3 Å². The Morgan fingerprint density at radius 1 is 1.16 bits per heavy atom. The monoisotopic (exact) mass is 258 g/mol. The lowest BCUT2D eigenvalue weighted by Crippen LogP contribution is -2.27. The molecule has 0 radical (unpaired) electrons. The van der Waals surface area contributed by atoms with Gasteiger partial charge in [-0.2, -0.15) is 0 Å². The Morgan fingerprint density at radius 3 is 2.74 bits per heavy atom. The predicted octanol–water partition coefficient (Wildman–Crippen LogP) is 3.71. The van der Waals surface area contributed by atoms with Crippen molar-refractivity contribution in [3.8, 4) is 0 Å². The molecule has 1 saturated carbocycles. The lowest BCUT2D eigenvalue weighted by molar-refractivity contribution is -0.126. The second-order valence-corrected chi connectivity index (χ2v) is 5.92. The van der Waals surface area contributed by atoms with Gasteiger partial charge in [-0.15, -0.1) is 0 Å². The van der Waals surface area contributed by atoms with Crippen molar-refractivity contribution in [2.75, 3.05) is 6.61 Å². The summed E-state index contributed by atoms with van der Waals surface area (Å²) in [6.45, 7) is 0.883. The van der Waals surface area contributed by atoms with Crippen molar-refractivity contribution < 1.29 is 9.53 Å². The van der Waals surface area contributed by atoms with Crippen molar-refractivity contribution in [1.82, 2.24) is 0 Å². The number of ether oxygens (including phenoxy) is 1. The molecular weight excluding hydrogens is 236 g/mol. The van der Waals surface area contributed by atoms with Gasteiger partial charge in [-0.1, -0.05) is 30.3 Å². The molecule has 0 spiro atoms. The normalized spacial score (nSPS) is 31.6. The average Bonchev–Trinajstić information content (AvgIpc) is 2.95. The summed E-state index contributed by atoms with van der Waals surface area (Å²) in [4.78, 5) is 12.1. The summed E-state index contributed by atoms with van der Waals surface area (Å²) >= 11 is 0. The average molecular weight is 258 g/mol. The van der Waals surface area contributed by atoms with Gasteiger partial charge in [0.15, 0.2) is 0 Å². The van der Waals surface area contributed by atoms with Crippen LogP contribution in [0, 0.1) is 5.92 Å². The number of Topliss-reactive ketones (excluding diaryl/α,β-unsaturated/α-hetero) is 1. The maximum absolute atomic E-state index is 12.1. The maximum Gasteiger partial charge on any atom is 0.136 e. The molecule has 3 unspecified atom stereocenters. The third-order valence-electron chi connectivity index (χ3n) is 4.61.